The molecule has 1 aliphatic heterocycles. The zero-order valence-electron chi connectivity index (χ0n) is 33.6. The van der Waals surface area contributed by atoms with E-state index in [0.29, 0.717) is 0 Å². The lowest BCUT2D eigenvalue weighted by atomic mass is 9.65. The summed E-state index contributed by atoms with van der Waals surface area (Å²) < 4.78 is 13.0. The molecule has 2 heterocycles. The summed E-state index contributed by atoms with van der Waals surface area (Å²) in [5.74, 6) is 1.79. The van der Waals surface area contributed by atoms with Crippen molar-refractivity contribution in [2.24, 2.45) is 0 Å². The predicted molar refractivity (Wildman–Crippen MR) is 254 cm³/mol. The van der Waals surface area contributed by atoms with Crippen LogP contribution in [0.1, 0.15) is 22.3 Å². The highest BCUT2D eigenvalue weighted by atomic mass is 16.5. The Morgan fingerprint density at radius 3 is 1.81 bits per heavy atom. The van der Waals surface area contributed by atoms with Gasteiger partial charge in [0.15, 0.2) is 0 Å². The van der Waals surface area contributed by atoms with Crippen LogP contribution in [-0.2, 0) is 5.41 Å². The maximum absolute atomic E-state index is 6.70. The van der Waals surface area contributed by atoms with E-state index in [2.05, 4.69) is 217 Å². The second-order valence-electron chi connectivity index (χ2n) is 16.4. The largest absolute Gasteiger partial charge is 0.457 e. The van der Waals surface area contributed by atoms with Crippen LogP contribution in [0.4, 0.5) is 17.1 Å². The van der Waals surface area contributed by atoms with E-state index < -0.39 is 5.41 Å². The molecular formula is C59H37NO2. The number of benzene rings is 10. The summed E-state index contributed by atoms with van der Waals surface area (Å²) in [4.78, 5) is 2.38. The van der Waals surface area contributed by atoms with Gasteiger partial charge in [0.2, 0.25) is 0 Å². The van der Waals surface area contributed by atoms with E-state index in [1.165, 1.54) is 33.0 Å². The molecule has 3 heteroatoms. The SMILES string of the molecule is c1ccc(-c2ccccc2N(c2ccc(-c3ccc4c(c3)C3(c5ccccc5Oc5ccccc53)c3c-4ccc4ccccc34)cc2)c2ccc3oc4ccccc4c3c2)cc1. The standard InChI is InChI=1S/C59H37NO2/c1-2-14-39(15-3-1)44-17-6-10-22-53(44)60(43-32-35-55-49(37-43)47-19-7-11-23-54(47)61-55)42-30-26-38(27-31-42)41-29-33-46-48-34-28-40-16-4-5-18-45(40)58(48)59(52(46)36-41)50-20-8-12-24-56(50)62-57-25-13-9-21-51(57)59/h1-37H. The van der Waals surface area contributed by atoms with Gasteiger partial charge in [-0.2, -0.15) is 0 Å². The number of rotatable bonds is 5. The van der Waals surface area contributed by atoms with Gasteiger partial charge in [-0.15, -0.1) is 0 Å². The summed E-state index contributed by atoms with van der Waals surface area (Å²) in [5, 5.41) is 4.69. The summed E-state index contributed by atoms with van der Waals surface area (Å²) in [6, 6.07) is 81.0. The molecule has 0 saturated heterocycles. The number of nitrogens with zero attached hydrogens (tertiary/aromatic N) is 1. The van der Waals surface area contributed by atoms with Crippen LogP contribution in [0.25, 0.3) is 66.1 Å². The molecule has 2 aliphatic rings. The molecule has 0 bridgehead atoms. The molecule has 290 valence electrons. The van der Waals surface area contributed by atoms with E-state index >= 15 is 0 Å². The average Bonchev–Trinajstić information content (AvgIpc) is 3.86. The lowest BCUT2D eigenvalue weighted by Crippen LogP contribution is -2.32. The molecular weight excluding hydrogens is 755 g/mol. The highest BCUT2D eigenvalue weighted by Crippen LogP contribution is 2.63. The first-order valence-corrected chi connectivity index (χ1v) is 21.2. The van der Waals surface area contributed by atoms with Crippen LogP contribution in [0, 0.1) is 0 Å². The van der Waals surface area contributed by atoms with Crippen LogP contribution < -0.4 is 9.64 Å². The number of furan rings is 1. The van der Waals surface area contributed by atoms with Crippen molar-refractivity contribution in [3.8, 4) is 44.9 Å². The third kappa shape index (κ3) is 5.00. The fraction of sp³-hybridized carbons (Fsp3) is 0.0169. The van der Waals surface area contributed by atoms with E-state index in [-0.39, 0.29) is 0 Å². The molecule has 0 N–H and O–H groups in total. The molecule has 0 saturated carbocycles. The van der Waals surface area contributed by atoms with Gasteiger partial charge in [0.25, 0.3) is 0 Å². The lowest BCUT2D eigenvalue weighted by molar-refractivity contribution is 0.437. The first-order chi connectivity index (χ1) is 30.7. The predicted octanol–water partition coefficient (Wildman–Crippen LogP) is 16.0. The Morgan fingerprint density at radius 1 is 0.355 bits per heavy atom. The lowest BCUT2D eigenvalue weighted by Gasteiger charge is -2.40. The Morgan fingerprint density at radius 2 is 0.984 bits per heavy atom. The van der Waals surface area contributed by atoms with Crippen LogP contribution in [0.15, 0.2) is 229 Å². The van der Waals surface area contributed by atoms with Gasteiger partial charge in [-0.05, 0) is 110 Å². The second kappa shape index (κ2) is 13.4. The van der Waals surface area contributed by atoms with Crippen LogP contribution in [0.2, 0.25) is 0 Å². The number of anilines is 3. The van der Waals surface area contributed by atoms with Gasteiger partial charge in [0, 0.05) is 38.8 Å². The fourth-order valence-corrected chi connectivity index (χ4v) is 10.5. The van der Waals surface area contributed by atoms with E-state index in [1.807, 2.05) is 12.1 Å². The van der Waals surface area contributed by atoms with E-state index in [0.717, 1.165) is 83.9 Å². The summed E-state index contributed by atoms with van der Waals surface area (Å²) in [7, 11) is 0. The third-order valence-electron chi connectivity index (χ3n) is 13.1. The summed E-state index contributed by atoms with van der Waals surface area (Å²) >= 11 is 0. The van der Waals surface area contributed by atoms with E-state index in [4.69, 9.17) is 9.15 Å². The minimum absolute atomic E-state index is 0.583. The van der Waals surface area contributed by atoms with Crippen molar-refractivity contribution in [3.63, 3.8) is 0 Å². The summed E-state index contributed by atoms with van der Waals surface area (Å²) in [6.45, 7) is 0. The van der Waals surface area contributed by atoms with Gasteiger partial charge >= 0.3 is 0 Å². The van der Waals surface area contributed by atoms with E-state index in [9.17, 15) is 0 Å². The van der Waals surface area contributed by atoms with Crippen molar-refractivity contribution >= 4 is 49.8 Å². The quantitative estimate of drug-likeness (QED) is 0.174. The van der Waals surface area contributed by atoms with Crippen molar-refractivity contribution < 1.29 is 9.15 Å². The zero-order valence-corrected chi connectivity index (χ0v) is 33.6. The number of para-hydroxylation sites is 4. The van der Waals surface area contributed by atoms with Crippen LogP contribution in [0.5, 0.6) is 11.5 Å². The summed E-state index contributed by atoms with van der Waals surface area (Å²) in [5.41, 5.74) is 16.5. The average molecular weight is 792 g/mol. The zero-order chi connectivity index (χ0) is 40.8. The van der Waals surface area contributed by atoms with Crippen molar-refractivity contribution in [2.45, 2.75) is 5.41 Å². The van der Waals surface area contributed by atoms with Crippen molar-refractivity contribution in [3.05, 3.63) is 247 Å². The number of fused-ring (bicyclic) bond motifs is 14. The minimum Gasteiger partial charge on any atom is -0.457 e. The molecule has 0 unspecified atom stereocenters. The van der Waals surface area contributed by atoms with Gasteiger partial charge in [0.05, 0.1) is 11.1 Å². The number of ether oxygens (including phenoxy) is 1. The highest BCUT2D eigenvalue weighted by Gasteiger charge is 2.52. The summed E-state index contributed by atoms with van der Waals surface area (Å²) in [6.07, 6.45) is 0. The second-order valence-corrected chi connectivity index (χ2v) is 16.4. The number of hydrogen-bond acceptors (Lipinski definition) is 3. The minimum atomic E-state index is -0.583. The molecule has 3 nitrogen and oxygen atoms in total. The van der Waals surface area contributed by atoms with Gasteiger partial charge in [-0.25, -0.2) is 0 Å². The van der Waals surface area contributed by atoms with Gasteiger partial charge < -0.3 is 14.1 Å². The molecule has 1 aromatic heterocycles. The topological polar surface area (TPSA) is 25.6 Å². The van der Waals surface area contributed by atoms with Gasteiger partial charge in [-0.3, -0.25) is 0 Å². The third-order valence-corrected chi connectivity index (χ3v) is 13.1. The highest BCUT2D eigenvalue weighted by molar-refractivity contribution is 6.07. The number of hydrogen-bond donors (Lipinski definition) is 0. The Hall–Kier alpha value is -8.14. The molecule has 1 aliphatic carbocycles. The molecule has 11 aromatic rings. The maximum atomic E-state index is 6.70. The molecule has 0 fully saturated rings. The van der Waals surface area contributed by atoms with E-state index in [1.54, 1.807) is 0 Å². The molecule has 1 spiro atoms. The Kier molecular flexibility index (Phi) is 7.52. The smallest absolute Gasteiger partial charge is 0.135 e. The van der Waals surface area contributed by atoms with Crippen LogP contribution >= 0.6 is 0 Å². The Labute approximate surface area is 359 Å². The first-order valence-electron chi connectivity index (χ1n) is 21.2. The first kappa shape index (κ1) is 34.7. The fourth-order valence-electron chi connectivity index (χ4n) is 10.5. The monoisotopic (exact) mass is 791 g/mol. The van der Waals surface area contributed by atoms with Crippen LogP contribution in [-0.4, -0.2) is 0 Å². The molecule has 0 atom stereocenters. The Balaban J connectivity index is 0.997. The molecule has 0 radical (unpaired) electrons. The van der Waals surface area contributed by atoms with Crippen molar-refractivity contribution in [1.29, 1.82) is 0 Å². The van der Waals surface area contributed by atoms with Gasteiger partial charge in [-0.1, -0.05) is 164 Å². The molecule has 0 amide bonds. The Bertz CT molecular complexity index is 3520. The molecule has 13 rings (SSSR count). The maximum Gasteiger partial charge on any atom is 0.135 e. The molecule has 62 heavy (non-hydrogen) atoms. The molecule has 10 aromatic carbocycles. The van der Waals surface area contributed by atoms with Crippen molar-refractivity contribution in [1.82, 2.24) is 0 Å². The van der Waals surface area contributed by atoms with Gasteiger partial charge in [0.1, 0.15) is 22.7 Å². The van der Waals surface area contributed by atoms with Crippen LogP contribution in [0.3, 0.4) is 0 Å². The van der Waals surface area contributed by atoms with Crippen molar-refractivity contribution in [2.75, 3.05) is 4.90 Å². The normalized spacial score (nSPS) is 13.1.